The van der Waals surface area contributed by atoms with Crippen LogP contribution in [0.2, 0.25) is 0 Å². The van der Waals surface area contributed by atoms with Crippen LogP contribution in [0.3, 0.4) is 0 Å². The lowest BCUT2D eigenvalue weighted by Gasteiger charge is -2.30. The lowest BCUT2D eigenvalue weighted by atomic mass is 9.94. The maximum Gasteiger partial charge on any atom is 0.230 e. The number of carbonyl (C=O) groups is 1. The SMILES string of the molecule is CC1CCN(Cc2ccc(NC(=O)C3CNNC3c3ccccc3)cc2)CC1. The van der Waals surface area contributed by atoms with E-state index in [0.29, 0.717) is 6.54 Å². The average molecular weight is 379 g/mol. The molecule has 0 saturated carbocycles. The van der Waals surface area contributed by atoms with Crippen molar-refractivity contribution in [2.24, 2.45) is 11.8 Å². The van der Waals surface area contributed by atoms with Crippen molar-refractivity contribution in [1.29, 1.82) is 0 Å². The highest BCUT2D eigenvalue weighted by Crippen LogP contribution is 2.26. The molecule has 2 atom stereocenters. The van der Waals surface area contributed by atoms with Crippen LogP contribution in [-0.4, -0.2) is 30.4 Å². The molecule has 0 aromatic heterocycles. The van der Waals surface area contributed by atoms with Gasteiger partial charge in [-0.25, -0.2) is 5.43 Å². The highest BCUT2D eigenvalue weighted by atomic mass is 16.2. The molecule has 28 heavy (non-hydrogen) atoms. The van der Waals surface area contributed by atoms with Crippen LogP contribution in [0.4, 0.5) is 5.69 Å². The number of anilines is 1. The first kappa shape index (κ1) is 19.1. The summed E-state index contributed by atoms with van der Waals surface area (Å²) in [5.41, 5.74) is 9.65. The zero-order valence-corrected chi connectivity index (χ0v) is 16.5. The number of hydrazine groups is 1. The number of likely N-dealkylation sites (tertiary alicyclic amines) is 1. The fourth-order valence-corrected chi connectivity index (χ4v) is 4.12. The molecule has 5 nitrogen and oxygen atoms in total. The van der Waals surface area contributed by atoms with Crippen molar-refractivity contribution in [3.63, 3.8) is 0 Å². The third kappa shape index (κ3) is 4.61. The second-order valence-corrected chi connectivity index (χ2v) is 8.16. The summed E-state index contributed by atoms with van der Waals surface area (Å²) in [6, 6.07) is 18.4. The molecule has 2 fully saturated rings. The maximum absolute atomic E-state index is 12.8. The molecule has 2 unspecified atom stereocenters. The number of hydrogen-bond acceptors (Lipinski definition) is 4. The van der Waals surface area contributed by atoms with Crippen molar-refractivity contribution in [1.82, 2.24) is 15.8 Å². The number of piperidine rings is 1. The Bertz CT molecular complexity index is 769. The van der Waals surface area contributed by atoms with Gasteiger partial charge in [0.1, 0.15) is 0 Å². The van der Waals surface area contributed by atoms with E-state index in [1.807, 2.05) is 30.3 Å². The third-order valence-electron chi connectivity index (χ3n) is 5.98. The Kier molecular flexibility index (Phi) is 6.05. The monoisotopic (exact) mass is 378 g/mol. The smallest absolute Gasteiger partial charge is 0.230 e. The number of hydrogen-bond donors (Lipinski definition) is 3. The Morgan fingerprint density at radius 3 is 2.50 bits per heavy atom. The molecule has 148 valence electrons. The number of nitrogens with one attached hydrogen (secondary N) is 3. The highest BCUT2D eigenvalue weighted by molar-refractivity contribution is 5.93. The molecule has 0 radical (unpaired) electrons. The summed E-state index contributed by atoms with van der Waals surface area (Å²) in [6.45, 7) is 6.32. The zero-order chi connectivity index (χ0) is 19.3. The van der Waals surface area contributed by atoms with Gasteiger partial charge in [0, 0.05) is 18.8 Å². The summed E-state index contributed by atoms with van der Waals surface area (Å²) >= 11 is 0. The number of amides is 1. The van der Waals surface area contributed by atoms with Crippen molar-refractivity contribution >= 4 is 11.6 Å². The summed E-state index contributed by atoms with van der Waals surface area (Å²) in [4.78, 5) is 15.4. The minimum absolute atomic E-state index is 0.0121. The quantitative estimate of drug-likeness (QED) is 0.747. The van der Waals surface area contributed by atoms with Crippen LogP contribution in [0.1, 0.15) is 36.9 Å². The molecule has 2 heterocycles. The van der Waals surface area contributed by atoms with Crippen LogP contribution in [0.25, 0.3) is 0 Å². The first-order valence-corrected chi connectivity index (χ1v) is 10.3. The standard InChI is InChI=1S/C23H30N4O/c1-17-11-13-27(14-12-17)16-18-7-9-20(10-8-18)25-23(28)21-15-24-26-22(21)19-5-3-2-4-6-19/h2-10,17,21-22,24,26H,11-16H2,1H3,(H,25,28). The summed E-state index contributed by atoms with van der Waals surface area (Å²) in [6.07, 6.45) is 2.58. The lowest BCUT2D eigenvalue weighted by Crippen LogP contribution is -2.32. The van der Waals surface area contributed by atoms with E-state index < -0.39 is 0 Å². The number of carbonyl (C=O) groups excluding carboxylic acids is 1. The second kappa shape index (κ2) is 8.86. The van der Waals surface area contributed by atoms with Gasteiger partial charge >= 0.3 is 0 Å². The van der Waals surface area contributed by atoms with Crippen molar-refractivity contribution in [2.45, 2.75) is 32.4 Å². The fraction of sp³-hybridized carbons (Fsp3) is 0.435. The van der Waals surface area contributed by atoms with E-state index in [0.717, 1.165) is 23.7 Å². The predicted molar refractivity (Wildman–Crippen MR) is 113 cm³/mol. The molecular formula is C23H30N4O. The average Bonchev–Trinajstić information content (AvgIpc) is 3.22. The molecule has 2 aromatic rings. The molecule has 5 heteroatoms. The minimum atomic E-state index is -0.141. The van der Waals surface area contributed by atoms with Gasteiger partial charge in [-0.1, -0.05) is 49.4 Å². The van der Waals surface area contributed by atoms with Crippen molar-refractivity contribution < 1.29 is 4.79 Å². The van der Waals surface area contributed by atoms with Gasteiger partial charge in [-0.15, -0.1) is 0 Å². The van der Waals surface area contributed by atoms with Crippen LogP contribution >= 0.6 is 0 Å². The van der Waals surface area contributed by atoms with Crippen LogP contribution in [-0.2, 0) is 11.3 Å². The summed E-state index contributed by atoms with van der Waals surface area (Å²) in [5, 5.41) is 3.09. The van der Waals surface area contributed by atoms with Crippen LogP contribution in [0.5, 0.6) is 0 Å². The fourth-order valence-electron chi connectivity index (χ4n) is 4.12. The van der Waals surface area contributed by atoms with Gasteiger partial charge in [0.05, 0.1) is 12.0 Å². The first-order chi connectivity index (χ1) is 13.7. The van der Waals surface area contributed by atoms with Gasteiger partial charge in [-0.05, 0) is 55.1 Å². The van der Waals surface area contributed by atoms with Gasteiger partial charge in [-0.3, -0.25) is 15.1 Å². The molecule has 1 amide bonds. The Morgan fingerprint density at radius 2 is 1.79 bits per heavy atom. The lowest BCUT2D eigenvalue weighted by molar-refractivity contribution is -0.119. The normalized spacial score (nSPS) is 23.6. The molecular weight excluding hydrogens is 348 g/mol. The Labute approximate surface area is 167 Å². The third-order valence-corrected chi connectivity index (χ3v) is 5.98. The molecule has 2 saturated heterocycles. The van der Waals surface area contributed by atoms with E-state index in [1.165, 1.54) is 31.5 Å². The Morgan fingerprint density at radius 1 is 1.07 bits per heavy atom. The maximum atomic E-state index is 12.8. The van der Waals surface area contributed by atoms with E-state index in [4.69, 9.17) is 0 Å². The number of benzene rings is 2. The van der Waals surface area contributed by atoms with Crippen molar-refractivity contribution in [3.05, 3.63) is 65.7 Å². The zero-order valence-electron chi connectivity index (χ0n) is 16.5. The van der Waals surface area contributed by atoms with E-state index in [1.54, 1.807) is 0 Å². The van der Waals surface area contributed by atoms with Gasteiger partial charge in [0.15, 0.2) is 0 Å². The largest absolute Gasteiger partial charge is 0.326 e. The Hall–Kier alpha value is -2.21. The minimum Gasteiger partial charge on any atom is -0.326 e. The van der Waals surface area contributed by atoms with Gasteiger partial charge in [-0.2, -0.15) is 0 Å². The summed E-state index contributed by atoms with van der Waals surface area (Å²) < 4.78 is 0. The first-order valence-electron chi connectivity index (χ1n) is 10.3. The molecule has 2 aromatic carbocycles. The van der Waals surface area contributed by atoms with E-state index in [-0.39, 0.29) is 17.9 Å². The van der Waals surface area contributed by atoms with Gasteiger partial charge in [0.25, 0.3) is 0 Å². The summed E-state index contributed by atoms with van der Waals surface area (Å²) in [5.74, 6) is 0.759. The van der Waals surface area contributed by atoms with Gasteiger partial charge < -0.3 is 5.32 Å². The molecule has 0 bridgehead atoms. The second-order valence-electron chi connectivity index (χ2n) is 8.16. The number of rotatable bonds is 5. The highest BCUT2D eigenvalue weighted by Gasteiger charge is 2.33. The van der Waals surface area contributed by atoms with E-state index >= 15 is 0 Å². The van der Waals surface area contributed by atoms with Crippen LogP contribution < -0.4 is 16.2 Å². The van der Waals surface area contributed by atoms with Crippen LogP contribution in [0.15, 0.2) is 54.6 Å². The van der Waals surface area contributed by atoms with Crippen molar-refractivity contribution in [3.8, 4) is 0 Å². The predicted octanol–water partition coefficient (Wildman–Crippen LogP) is 3.32. The Balaban J connectivity index is 1.34. The van der Waals surface area contributed by atoms with E-state index in [2.05, 4.69) is 52.3 Å². The molecule has 3 N–H and O–H groups in total. The van der Waals surface area contributed by atoms with Crippen LogP contribution in [0, 0.1) is 11.8 Å². The van der Waals surface area contributed by atoms with Crippen molar-refractivity contribution in [2.75, 3.05) is 25.0 Å². The van der Waals surface area contributed by atoms with E-state index in [9.17, 15) is 4.79 Å². The molecule has 2 aliphatic heterocycles. The van der Waals surface area contributed by atoms with Gasteiger partial charge in [0.2, 0.25) is 5.91 Å². The molecule has 0 spiro atoms. The molecule has 4 rings (SSSR count). The topological polar surface area (TPSA) is 56.4 Å². The summed E-state index contributed by atoms with van der Waals surface area (Å²) in [7, 11) is 0. The number of nitrogens with zero attached hydrogens (tertiary/aromatic N) is 1. The molecule has 0 aliphatic carbocycles. The molecule has 2 aliphatic rings.